The predicted molar refractivity (Wildman–Crippen MR) is 88.6 cm³/mol. The minimum Gasteiger partial charge on any atom is -0.465 e. The average Bonchev–Trinajstić information content (AvgIpc) is 2.99. The quantitative estimate of drug-likeness (QED) is 0.834. The molecule has 0 bridgehead atoms. The first kappa shape index (κ1) is 16.5. The molecule has 0 radical (unpaired) electrons. The third-order valence-electron chi connectivity index (χ3n) is 3.06. The van der Waals surface area contributed by atoms with Gasteiger partial charge < -0.3 is 15.1 Å². The van der Waals surface area contributed by atoms with Gasteiger partial charge in [-0.25, -0.2) is 0 Å². The monoisotopic (exact) mass is 312 g/mol. The first-order valence-electron chi connectivity index (χ1n) is 7.40. The van der Waals surface area contributed by atoms with Crippen molar-refractivity contribution in [2.75, 3.05) is 0 Å². The standard InChI is InChI=1S/C18H20N2O3/c1-12(2)19-18(22)16(11-15-5-4-10-23-15)20-17(21)14-8-6-13(3)7-9-14/h4-12H,1-3H3,(H,19,22)(H,20,21)/b16-11+. The Morgan fingerprint density at radius 2 is 1.83 bits per heavy atom. The van der Waals surface area contributed by atoms with Gasteiger partial charge in [-0.3, -0.25) is 9.59 Å². The van der Waals surface area contributed by atoms with E-state index in [4.69, 9.17) is 4.42 Å². The normalized spacial score (nSPS) is 11.4. The van der Waals surface area contributed by atoms with Crippen LogP contribution >= 0.6 is 0 Å². The molecule has 0 aliphatic rings. The van der Waals surface area contributed by atoms with E-state index in [2.05, 4.69) is 10.6 Å². The summed E-state index contributed by atoms with van der Waals surface area (Å²) in [5.41, 5.74) is 1.68. The Bertz CT molecular complexity index is 698. The van der Waals surface area contributed by atoms with Gasteiger partial charge in [0.2, 0.25) is 0 Å². The highest BCUT2D eigenvalue weighted by Gasteiger charge is 2.15. The van der Waals surface area contributed by atoms with E-state index in [9.17, 15) is 9.59 Å². The summed E-state index contributed by atoms with van der Waals surface area (Å²) in [5, 5.41) is 5.40. The Kier molecular flexibility index (Phi) is 5.36. The smallest absolute Gasteiger partial charge is 0.268 e. The lowest BCUT2D eigenvalue weighted by molar-refractivity contribution is -0.118. The van der Waals surface area contributed by atoms with E-state index in [0.29, 0.717) is 11.3 Å². The van der Waals surface area contributed by atoms with Crippen LogP contribution in [0.3, 0.4) is 0 Å². The lowest BCUT2D eigenvalue weighted by Crippen LogP contribution is -2.38. The van der Waals surface area contributed by atoms with E-state index in [1.54, 1.807) is 24.3 Å². The van der Waals surface area contributed by atoms with Crippen LogP contribution in [0.25, 0.3) is 6.08 Å². The number of rotatable bonds is 5. The third kappa shape index (κ3) is 4.85. The number of carbonyl (C=O) groups is 2. The third-order valence-corrected chi connectivity index (χ3v) is 3.06. The van der Waals surface area contributed by atoms with Crippen molar-refractivity contribution in [1.82, 2.24) is 10.6 Å². The van der Waals surface area contributed by atoms with Crippen molar-refractivity contribution < 1.29 is 14.0 Å². The molecule has 0 saturated carbocycles. The van der Waals surface area contributed by atoms with Crippen molar-refractivity contribution >= 4 is 17.9 Å². The number of furan rings is 1. The zero-order chi connectivity index (χ0) is 16.8. The number of hydrogen-bond donors (Lipinski definition) is 2. The first-order chi connectivity index (χ1) is 11.0. The second-order valence-electron chi connectivity index (χ2n) is 5.52. The summed E-state index contributed by atoms with van der Waals surface area (Å²) in [7, 11) is 0. The van der Waals surface area contributed by atoms with Crippen LogP contribution in [-0.4, -0.2) is 17.9 Å². The molecule has 23 heavy (non-hydrogen) atoms. The van der Waals surface area contributed by atoms with Gasteiger partial charge in [-0.05, 0) is 45.0 Å². The molecule has 0 saturated heterocycles. The van der Waals surface area contributed by atoms with Crippen molar-refractivity contribution in [3.8, 4) is 0 Å². The SMILES string of the molecule is Cc1ccc(C(=O)N/C(=C/c2ccco2)C(=O)NC(C)C)cc1. The van der Waals surface area contributed by atoms with Crippen molar-refractivity contribution in [3.63, 3.8) is 0 Å². The molecule has 5 heteroatoms. The van der Waals surface area contributed by atoms with E-state index in [1.165, 1.54) is 12.3 Å². The predicted octanol–water partition coefficient (Wildman–Crippen LogP) is 2.88. The number of benzene rings is 1. The Hall–Kier alpha value is -2.82. The molecular formula is C18H20N2O3. The maximum atomic E-state index is 12.3. The fraction of sp³-hybridized carbons (Fsp3) is 0.222. The van der Waals surface area contributed by atoms with Gasteiger partial charge in [0.1, 0.15) is 11.5 Å². The van der Waals surface area contributed by atoms with Crippen molar-refractivity contribution in [2.45, 2.75) is 26.8 Å². The van der Waals surface area contributed by atoms with E-state index in [-0.39, 0.29) is 23.6 Å². The lowest BCUT2D eigenvalue weighted by Gasteiger charge is -2.12. The van der Waals surface area contributed by atoms with Crippen LogP contribution in [0.2, 0.25) is 0 Å². The Morgan fingerprint density at radius 3 is 2.39 bits per heavy atom. The number of aryl methyl sites for hydroxylation is 1. The summed E-state index contributed by atoms with van der Waals surface area (Å²) >= 11 is 0. The van der Waals surface area contributed by atoms with Gasteiger partial charge in [-0.2, -0.15) is 0 Å². The van der Waals surface area contributed by atoms with Gasteiger partial charge in [-0.15, -0.1) is 0 Å². The van der Waals surface area contributed by atoms with E-state index in [0.717, 1.165) is 5.56 Å². The molecule has 2 amide bonds. The summed E-state index contributed by atoms with van der Waals surface area (Å²) in [6.07, 6.45) is 3.01. The zero-order valence-corrected chi connectivity index (χ0v) is 13.4. The number of carbonyl (C=O) groups excluding carboxylic acids is 2. The molecule has 2 rings (SSSR count). The molecule has 1 aromatic heterocycles. The van der Waals surface area contributed by atoms with Gasteiger partial charge >= 0.3 is 0 Å². The number of amides is 2. The Morgan fingerprint density at radius 1 is 1.13 bits per heavy atom. The van der Waals surface area contributed by atoms with Gasteiger partial charge in [0.15, 0.2) is 0 Å². The minimum atomic E-state index is -0.364. The molecule has 0 unspecified atom stereocenters. The van der Waals surface area contributed by atoms with Crippen LogP contribution in [0.4, 0.5) is 0 Å². The highest BCUT2D eigenvalue weighted by Crippen LogP contribution is 2.09. The number of nitrogens with one attached hydrogen (secondary N) is 2. The first-order valence-corrected chi connectivity index (χ1v) is 7.40. The van der Waals surface area contributed by atoms with Crippen LogP contribution in [0, 0.1) is 6.92 Å². The molecule has 0 aliphatic carbocycles. The summed E-state index contributed by atoms with van der Waals surface area (Å²) in [6, 6.07) is 10.5. The molecule has 1 heterocycles. The van der Waals surface area contributed by atoms with Crippen LogP contribution in [0.15, 0.2) is 52.8 Å². The van der Waals surface area contributed by atoms with E-state index < -0.39 is 0 Å². The van der Waals surface area contributed by atoms with Gasteiger partial charge in [0, 0.05) is 17.7 Å². The second kappa shape index (κ2) is 7.45. The molecule has 5 nitrogen and oxygen atoms in total. The van der Waals surface area contributed by atoms with Gasteiger partial charge in [0.25, 0.3) is 11.8 Å². The van der Waals surface area contributed by atoms with Crippen LogP contribution in [0.5, 0.6) is 0 Å². The van der Waals surface area contributed by atoms with Crippen LogP contribution in [-0.2, 0) is 4.79 Å². The number of hydrogen-bond acceptors (Lipinski definition) is 3. The van der Waals surface area contributed by atoms with Gasteiger partial charge in [0.05, 0.1) is 6.26 Å². The van der Waals surface area contributed by atoms with Crippen molar-refractivity contribution in [1.29, 1.82) is 0 Å². The van der Waals surface area contributed by atoms with Crippen molar-refractivity contribution in [2.24, 2.45) is 0 Å². The second-order valence-corrected chi connectivity index (χ2v) is 5.52. The summed E-state index contributed by atoms with van der Waals surface area (Å²) in [6.45, 7) is 5.65. The molecule has 0 atom stereocenters. The van der Waals surface area contributed by atoms with Crippen molar-refractivity contribution in [3.05, 3.63) is 65.2 Å². The molecule has 2 N–H and O–H groups in total. The average molecular weight is 312 g/mol. The lowest BCUT2D eigenvalue weighted by atomic mass is 10.1. The van der Waals surface area contributed by atoms with E-state index in [1.807, 2.05) is 32.9 Å². The van der Waals surface area contributed by atoms with Crippen LogP contribution in [0.1, 0.15) is 35.5 Å². The highest BCUT2D eigenvalue weighted by atomic mass is 16.3. The molecule has 2 aromatic rings. The summed E-state index contributed by atoms with van der Waals surface area (Å²) in [5.74, 6) is -0.221. The topological polar surface area (TPSA) is 71.3 Å². The molecule has 0 aliphatic heterocycles. The maximum absolute atomic E-state index is 12.3. The Balaban J connectivity index is 2.21. The minimum absolute atomic E-state index is 0.0428. The molecule has 0 fully saturated rings. The molecule has 120 valence electrons. The molecule has 1 aromatic carbocycles. The summed E-state index contributed by atoms with van der Waals surface area (Å²) in [4.78, 5) is 24.6. The highest BCUT2D eigenvalue weighted by molar-refractivity contribution is 6.05. The fourth-order valence-corrected chi connectivity index (χ4v) is 1.91. The van der Waals surface area contributed by atoms with Crippen LogP contribution < -0.4 is 10.6 Å². The zero-order valence-electron chi connectivity index (χ0n) is 13.4. The Labute approximate surface area is 135 Å². The summed E-state index contributed by atoms with van der Waals surface area (Å²) < 4.78 is 5.21. The largest absolute Gasteiger partial charge is 0.465 e. The maximum Gasteiger partial charge on any atom is 0.268 e. The fourth-order valence-electron chi connectivity index (χ4n) is 1.91. The van der Waals surface area contributed by atoms with Gasteiger partial charge in [-0.1, -0.05) is 17.7 Å². The molecule has 0 spiro atoms. The molecular weight excluding hydrogens is 292 g/mol. The van der Waals surface area contributed by atoms with E-state index >= 15 is 0 Å².